The summed E-state index contributed by atoms with van der Waals surface area (Å²) in [6.45, 7) is 5.22. The highest BCUT2D eigenvalue weighted by Crippen LogP contribution is 2.36. The van der Waals surface area contributed by atoms with E-state index in [1.807, 2.05) is 32.0 Å². The monoisotopic (exact) mass is 292 g/mol. The van der Waals surface area contributed by atoms with Gasteiger partial charge in [0.2, 0.25) is 0 Å². The second kappa shape index (κ2) is 6.24. The van der Waals surface area contributed by atoms with E-state index in [9.17, 15) is 4.79 Å². The summed E-state index contributed by atoms with van der Waals surface area (Å²) in [6.07, 6.45) is 0.587. The maximum absolute atomic E-state index is 12.6. The summed E-state index contributed by atoms with van der Waals surface area (Å²) >= 11 is 1.46. The number of aliphatic hydroxyl groups is 1. The van der Waals surface area contributed by atoms with Crippen molar-refractivity contribution in [1.82, 2.24) is 4.90 Å². The van der Waals surface area contributed by atoms with Crippen LogP contribution in [0.1, 0.15) is 28.6 Å². The Balaban J connectivity index is 2.39. The maximum Gasteiger partial charge on any atom is 0.266 e. The molecule has 4 nitrogen and oxygen atoms in total. The predicted octanol–water partition coefficient (Wildman–Crippen LogP) is 2.64. The lowest BCUT2D eigenvalue weighted by molar-refractivity contribution is 0.0760. The first-order valence-corrected chi connectivity index (χ1v) is 7.59. The number of nitrogens with two attached hydrogens (primary N) is 1. The van der Waals surface area contributed by atoms with E-state index in [1.165, 1.54) is 11.3 Å². The van der Waals surface area contributed by atoms with Crippen LogP contribution in [0.5, 0.6) is 0 Å². The average molecular weight is 292 g/mol. The molecule has 2 aromatic rings. The van der Waals surface area contributed by atoms with Crippen molar-refractivity contribution >= 4 is 33.0 Å². The van der Waals surface area contributed by atoms with Gasteiger partial charge in [0.15, 0.2) is 0 Å². The molecule has 2 rings (SSSR count). The van der Waals surface area contributed by atoms with Gasteiger partial charge in [0.25, 0.3) is 5.91 Å². The van der Waals surface area contributed by atoms with Crippen LogP contribution in [0.4, 0.5) is 5.69 Å². The summed E-state index contributed by atoms with van der Waals surface area (Å²) in [5.74, 6) is -0.0425. The molecule has 0 saturated carbocycles. The SMILES string of the molecule is CCN(CCCO)C(=O)c1sc2c(C)cccc2c1N. The van der Waals surface area contributed by atoms with E-state index >= 15 is 0 Å². The molecule has 3 N–H and O–H groups in total. The molecular formula is C15H20N2O2S. The Bertz CT molecular complexity index is 622. The molecule has 0 unspecified atom stereocenters. The summed E-state index contributed by atoms with van der Waals surface area (Å²) in [5.41, 5.74) is 7.85. The number of nitrogen functional groups attached to an aromatic ring is 1. The minimum atomic E-state index is -0.0425. The van der Waals surface area contributed by atoms with E-state index in [0.717, 1.165) is 15.6 Å². The van der Waals surface area contributed by atoms with E-state index in [0.29, 0.717) is 30.1 Å². The van der Waals surface area contributed by atoms with Crippen molar-refractivity contribution in [3.63, 3.8) is 0 Å². The Labute approximate surface area is 122 Å². The number of aryl methyl sites for hydroxylation is 1. The third kappa shape index (κ3) is 2.64. The number of benzene rings is 1. The predicted molar refractivity (Wildman–Crippen MR) is 84.3 cm³/mol. The zero-order valence-electron chi connectivity index (χ0n) is 11.8. The number of aliphatic hydroxyl groups excluding tert-OH is 1. The van der Waals surface area contributed by atoms with Crippen molar-refractivity contribution in [2.45, 2.75) is 20.3 Å². The minimum Gasteiger partial charge on any atom is -0.397 e. The fraction of sp³-hybridized carbons (Fsp3) is 0.400. The molecule has 108 valence electrons. The highest BCUT2D eigenvalue weighted by Gasteiger charge is 2.21. The Morgan fingerprint density at radius 1 is 1.45 bits per heavy atom. The lowest BCUT2D eigenvalue weighted by atomic mass is 10.1. The smallest absolute Gasteiger partial charge is 0.266 e. The van der Waals surface area contributed by atoms with Gasteiger partial charge in [0.1, 0.15) is 4.88 Å². The number of amides is 1. The quantitative estimate of drug-likeness (QED) is 0.890. The van der Waals surface area contributed by atoms with Crippen molar-refractivity contribution in [3.05, 3.63) is 28.6 Å². The first-order chi connectivity index (χ1) is 9.60. The van der Waals surface area contributed by atoms with Crippen LogP contribution in [0, 0.1) is 6.92 Å². The molecule has 0 aliphatic carbocycles. The average Bonchev–Trinajstić information content (AvgIpc) is 2.78. The van der Waals surface area contributed by atoms with Gasteiger partial charge in [-0.05, 0) is 25.8 Å². The van der Waals surface area contributed by atoms with Gasteiger partial charge >= 0.3 is 0 Å². The number of carbonyl (C=O) groups is 1. The molecule has 0 bridgehead atoms. The molecule has 0 aliphatic heterocycles. The zero-order valence-corrected chi connectivity index (χ0v) is 12.7. The molecule has 20 heavy (non-hydrogen) atoms. The van der Waals surface area contributed by atoms with Gasteiger partial charge in [-0.2, -0.15) is 0 Å². The number of anilines is 1. The summed E-state index contributed by atoms with van der Waals surface area (Å²) in [6, 6.07) is 5.93. The van der Waals surface area contributed by atoms with E-state index in [1.54, 1.807) is 4.90 Å². The zero-order chi connectivity index (χ0) is 14.7. The first-order valence-electron chi connectivity index (χ1n) is 6.77. The fourth-order valence-corrected chi connectivity index (χ4v) is 3.40. The molecule has 1 aromatic carbocycles. The number of hydrogen-bond acceptors (Lipinski definition) is 4. The van der Waals surface area contributed by atoms with Crippen molar-refractivity contribution in [3.8, 4) is 0 Å². The highest BCUT2D eigenvalue weighted by molar-refractivity contribution is 7.21. The molecule has 0 saturated heterocycles. The lowest BCUT2D eigenvalue weighted by Gasteiger charge is -2.19. The minimum absolute atomic E-state index is 0.0425. The topological polar surface area (TPSA) is 66.6 Å². The molecule has 1 amide bonds. The van der Waals surface area contributed by atoms with Gasteiger partial charge in [0.05, 0.1) is 5.69 Å². The molecule has 5 heteroatoms. The number of nitrogens with zero attached hydrogens (tertiary/aromatic N) is 1. The Kier molecular flexibility index (Phi) is 4.62. The van der Waals surface area contributed by atoms with Gasteiger partial charge in [-0.3, -0.25) is 4.79 Å². The number of thiophene rings is 1. The molecule has 0 spiro atoms. The van der Waals surface area contributed by atoms with Crippen LogP contribution in [0.2, 0.25) is 0 Å². The lowest BCUT2D eigenvalue weighted by Crippen LogP contribution is -2.32. The van der Waals surface area contributed by atoms with Crippen molar-refractivity contribution in [1.29, 1.82) is 0 Å². The fourth-order valence-electron chi connectivity index (χ4n) is 2.25. The van der Waals surface area contributed by atoms with Crippen LogP contribution in [-0.2, 0) is 0 Å². The van der Waals surface area contributed by atoms with Crippen LogP contribution >= 0.6 is 11.3 Å². The summed E-state index contributed by atoms with van der Waals surface area (Å²) in [5, 5.41) is 9.86. The molecule has 0 atom stereocenters. The summed E-state index contributed by atoms with van der Waals surface area (Å²) < 4.78 is 1.08. The van der Waals surface area contributed by atoms with Crippen LogP contribution < -0.4 is 5.73 Å². The third-order valence-electron chi connectivity index (χ3n) is 3.40. The number of fused-ring (bicyclic) bond motifs is 1. The van der Waals surface area contributed by atoms with Crippen LogP contribution in [0.15, 0.2) is 18.2 Å². The summed E-state index contributed by atoms with van der Waals surface area (Å²) in [7, 11) is 0. The second-order valence-corrected chi connectivity index (χ2v) is 5.78. The number of hydrogen-bond donors (Lipinski definition) is 2. The molecular weight excluding hydrogens is 272 g/mol. The largest absolute Gasteiger partial charge is 0.397 e. The van der Waals surface area contributed by atoms with Crippen LogP contribution in [0.25, 0.3) is 10.1 Å². The van der Waals surface area contributed by atoms with E-state index in [4.69, 9.17) is 10.8 Å². The van der Waals surface area contributed by atoms with Gasteiger partial charge in [-0.1, -0.05) is 18.2 Å². The Morgan fingerprint density at radius 2 is 2.20 bits per heavy atom. The van der Waals surface area contributed by atoms with Crippen molar-refractivity contribution in [2.24, 2.45) is 0 Å². The number of carbonyl (C=O) groups excluding carboxylic acids is 1. The molecule has 1 heterocycles. The van der Waals surface area contributed by atoms with Gasteiger partial charge < -0.3 is 15.7 Å². The highest BCUT2D eigenvalue weighted by atomic mass is 32.1. The van der Waals surface area contributed by atoms with E-state index in [-0.39, 0.29) is 12.5 Å². The van der Waals surface area contributed by atoms with Crippen LogP contribution in [0.3, 0.4) is 0 Å². The van der Waals surface area contributed by atoms with Crippen LogP contribution in [-0.4, -0.2) is 35.6 Å². The molecule has 1 aromatic heterocycles. The second-order valence-electron chi connectivity index (χ2n) is 4.76. The van der Waals surface area contributed by atoms with Gasteiger partial charge in [-0.15, -0.1) is 11.3 Å². The third-order valence-corrected chi connectivity index (χ3v) is 4.74. The normalized spacial score (nSPS) is 10.9. The van der Waals surface area contributed by atoms with Crippen molar-refractivity contribution in [2.75, 3.05) is 25.4 Å². The Morgan fingerprint density at radius 3 is 2.80 bits per heavy atom. The first kappa shape index (κ1) is 14.8. The molecule has 0 radical (unpaired) electrons. The standard InChI is InChI=1S/C15H20N2O2S/c1-3-17(8-5-9-18)15(19)14-12(16)11-7-4-6-10(2)13(11)20-14/h4,6-7,18H,3,5,8-9,16H2,1-2H3. The Hall–Kier alpha value is -1.59. The van der Waals surface area contributed by atoms with Gasteiger partial charge in [-0.25, -0.2) is 0 Å². The maximum atomic E-state index is 12.6. The molecule has 0 fully saturated rings. The van der Waals surface area contributed by atoms with Gasteiger partial charge in [0, 0.05) is 29.8 Å². The summed E-state index contributed by atoms with van der Waals surface area (Å²) in [4.78, 5) is 14.9. The van der Waals surface area contributed by atoms with Crippen molar-refractivity contribution < 1.29 is 9.90 Å². The van der Waals surface area contributed by atoms with E-state index < -0.39 is 0 Å². The van der Waals surface area contributed by atoms with E-state index in [2.05, 4.69) is 0 Å². The molecule has 0 aliphatic rings. The number of rotatable bonds is 5.